The van der Waals surface area contributed by atoms with Crippen molar-refractivity contribution in [2.24, 2.45) is 0 Å². The molecule has 3 amide bonds. The molecular weight excluding hydrogens is 328 g/mol. The van der Waals surface area contributed by atoms with Gasteiger partial charge in [0, 0.05) is 10.9 Å². The minimum atomic E-state index is -1.01. The Morgan fingerprint density at radius 2 is 1.88 bits per heavy atom. The second kappa shape index (κ2) is 9.32. The molecule has 0 heterocycles. The highest BCUT2D eigenvalue weighted by atomic mass is 32.2. The fraction of sp³-hybridized carbons (Fsp3) is 0.471. The first-order chi connectivity index (χ1) is 11.5. The number of ether oxygens (including phenoxy) is 1. The smallest absolute Gasteiger partial charge is 0.321 e. The third-order valence-electron chi connectivity index (χ3n) is 3.70. The summed E-state index contributed by atoms with van der Waals surface area (Å²) in [7, 11) is 0. The van der Waals surface area contributed by atoms with Crippen LogP contribution in [-0.2, 0) is 14.3 Å². The number of thioether (sulfide) groups is 1. The molecule has 1 atom stereocenters. The van der Waals surface area contributed by atoms with Crippen LogP contribution in [-0.4, -0.2) is 35.8 Å². The predicted octanol–water partition coefficient (Wildman–Crippen LogP) is 2.48. The number of imide groups is 1. The molecule has 1 aliphatic carbocycles. The van der Waals surface area contributed by atoms with E-state index in [4.69, 9.17) is 4.74 Å². The lowest BCUT2D eigenvalue weighted by atomic mass is 10.2. The lowest BCUT2D eigenvalue weighted by molar-refractivity contribution is -0.151. The Labute approximate surface area is 145 Å². The van der Waals surface area contributed by atoms with Crippen molar-refractivity contribution < 1.29 is 19.1 Å². The van der Waals surface area contributed by atoms with E-state index in [-0.39, 0.29) is 11.8 Å². The quantitative estimate of drug-likeness (QED) is 0.608. The van der Waals surface area contributed by atoms with Gasteiger partial charge in [0.1, 0.15) is 0 Å². The number of rotatable bonds is 6. The van der Waals surface area contributed by atoms with E-state index in [1.807, 2.05) is 30.3 Å². The highest BCUT2D eigenvalue weighted by molar-refractivity contribution is 8.00. The van der Waals surface area contributed by atoms with E-state index >= 15 is 0 Å². The normalized spacial score (nSPS) is 15.5. The molecule has 0 radical (unpaired) electrons. The van der Waals surface area contributed by atoms with Gasteiger partial charge in [-0.15, -0.1) is 11.8 Å². The first-order valence-electron chi connectivity index (χ1n) is 8.03. The van der Waals surface area contributed by atoms with Crippen molar-refractivity contribution >= 4 is 29.7 Å². The second-order valence-electron chi connectivity index (χ2n) is 5.68. The van der Waals surface area contributed by atoms with Gasteiger partial charge in [-0.05, 0) is 31.9 Å². The van der Waals surface area contributed by atoms with Gasteiger partial charge in [0.15, 0.2) is 6.10 Å². The first-order valence-corrected chi connectivity index (χ1v) is 9.02. The summed E-state index contributed by atoms with van der Waals surface area (Å²) in [6.07, 6.45) is 3.03. The predicted molar refractivity (Wildman–Crippen MR) is 91.7 cm³/mol. The molecule has 6 nitrogen and oxygen atoms in total. The number of urea groups is 1. The van der Waals surface area contributed by atoms with Crippen LogP contribution in [0.4, 0.5) is 4.79 Å². The second-order valence-corrected chi connectivity index (χ2v) is 6.73. The van der Waals surface area contributed by atoms with Crippen molar-refractivity contribution in [1.29, 1.82) is 0 Å². The maximum atomic E-state index is 11.9. The highest BCUT2D eigenvalue weighted by Crippen LogP contribution is 2.18. The zero-order valence-corrected chi connectivity index (χ0v) is 14.4. The molecule has 1 saturated carbocycles. The summed E-state index contributed by atoms with van der Waals surface area (Å²) in [6.45, 7) is 1.45. The summed E-state index contributed by atoms with van der Waals surface area (Å²) < 4.78 is 5.05. The number of benzene rings is 1. The zero-order valence-electron chi connectivity index (χ0n) is 13.6. The molecule has 0 bridgehead atoms. The summed E-state index contributed by atoms with van der Waals surface area (Å²) in [4.78, 5) is 36.3. The van der Waals surface area contributed by atoms with Gasteiger partial charge in [0.2, 0.25) is 0 Å². The number of carbonyl (C=O) groups excluding carboxylic acids is 3. The molecule has 7 heteroatoms. The number of hydrogen-bond acceptors (Lipinski definition) is 5. The molecule has 130 valence electrons. The van der Waals surface area contributed by atoms with E-state index in [0.717, 1.165) is 30.6 Å². The van der Waals surface area contributed by atoms with Crippen molar-refractivity contribution in [3.05, 3.63) is 30.3 Å². The summed E-state index contributed by atoms with van der Waals surface area (Å²) in [6, 6.07) is 9.03. The molecule has 24 heavy (non-hydrogen) atoms. The van der Waals surface area contributed by atoms with Crippen LogP contribution >= 0.6 is 11.8 Å². The summed E-state index contributed by atoms with van der Waals surface area (Å²) in [5.74, 6) is -1.01. The van der Waals surface area contributed by atoms with Crippen LogP contribution in [0, 0.1) is 0 Å². The molecule has 1 fully saturated rings. The molecular formula is C17H22N2O4S. The van der Waals surface area contributed by atoms with Gasteiger partial charge in [0.25, 0.3) is 5.91 Å². The van der Waals surface area contributed by atoms with E-state index in [1.165, 1.54) is 18.7 Å². The van der Waals surface area contributed by atoms with Crippen molar-refractivity contribution in [3.63, 3.8) is 0 Å². The number of nitrogens with one attached hydrogen (secondary N) is 2. The first kappa shape index (κ1) is 18.3. The summed E-state index contributed by atoms with van der Waals surface area (Å²) in [5, 5.41) is 4.96. The van der Waals surface area contributed by atoms with Crippen LogP contribution in [0.2, 0.25) is 0 Å². The van der Waals surface area contributed by atoms with Gasteiger partial charge >= 0.3 is 12.0 Å². The van der Waals surface area contributed by atoms with Gasteiger partial charge < -0.3 is 10.1 Å². The number of esters is 1. The van der Waals surface area contributed by atoms with Gasteiger partial charge in [-0.1, -0.05) is 31.0 Å². The Hall–Kier alpha value is -2.02. The molecule has 1 aliphatic rings. The highest BCUT2D eigenvalue weighted by Gasteiger charge is 2.22. The molecule has 2 N–H and O–H groups in total. The average Bonchev–Trinajstić information content (AvgIpc) is 3.06. The molecule has 0 spiro atoms. The van der Waals surface area contributed by atoms with Crippen LogP contribution < -0.4 is 10.6 Å². The monoisotopic (exact) mass is 350 g/mol. The zero-order chi connectivity index (χ0) is 17.4. The Bertz CT molecular complexity index is 573. The molecule has 0 aromatic heterocycles. The fourth-order valence-corrected chi connectivity index (χ4v) is 3.15. The SMILES string of the molecule is C[C@@H](OC(=O)CSc1ccccc1)C(=O)NC(=O)NC1CCCC1. The number of hydrogen-bond donors (Lipinski definition) is 2. The topological polar surface area (TPSA) is 84.5 Å². The van der Waals surface area contributed by atoms with Crippen LogP contribution in [0.5, 0.6) is 0 Å². The fourth-order valence-electron chi connectivity index (χ4n) is 2.45. The van der Waals surface area contributed by atoms with E-state index in [2.05, 4.69) is 10.6 Å². The van der Waals surface area contributed by atoms with Gasteiger partial charge in [-0.2, -0.15) is 0 Å². The van der Waals surface area contributed by atoms with Crippen molar-refractivity contribution in [1.82, 2.24) is 10.6 Å². The lowest BCUT2D eigenvalue weighted by Gasteiger charge is -2.15. The van der Waals surface area contributed by atoms with E-state index in [9.17, 15) is 14.4 Å². The third kappa shape index (κ3) is 6.23. The minimum absolute atomic E-state index is 0.107. The largest absolute Gasteiger partial charge is 0.452 e. The minimum Gasteiger partial charge on any atom is -0.452 e. The van der Waals surface area contributed by atoms with E-state index < -0.39 is 24.0 Å². The molecule has 0 aliphatic heterocycles. The van der Waals surface area contributed by atoms with Crippen LogP contribution in [0.1, 0.15) is 32.6 Å². The Balaban J connectivity index is 1.68. The maximum Gasteiger partial charge on any atom is 0.321 e. The molecule has 1 aromatic rings. The van der Waals surface area contributed by atoms with Gasteiger partial charge in [0.05, 0.1) is 5.75 Å². The summed E-state index contributed by atoms with van der Waals surface area (Å²) >= 11 is 1.33. The van der Waals surface area contributed by atoms with Crippen molar-refractivity contribution in [2.75, 3.05) is 5.75 Å². The molecule has 1 aromatic carbocycles. The Kier molecular flexibility index (Phi) is 7.11. The molecule has 2 rings (SSSR count). The standard InChI is InChI=1S/C17H22N2O4S/c1-12(16(21)19-17(22)18-13-7-5-6-8-13)23-15(20)11-24-14-9-3-2-4-10-14/h2-4,9-10,12-13H,5-8,11H2,1H3,(H2,18,19,21,22)/t12-/m1/s1. The van der Waals surface area contributed by atoms with E-state index in [0.29, 0.717) is 0 Å². The van der Waals surface area contributed by atoms with Crippen LogP contribution in [0.25, 0.3) is 0 Å². The number of carbonyl (C=O) groups is 3. The number of amides is 3. The lowest BCUT2D eigenvalue weighted by Crippen LogP contribution is -2.47. The van der Waals surface area contributed by atoms with Crippen molar-refractivity contribution in [2.45, 2.75) is 49.6 Å². The van der Waals surface area contributed by atoms with Crippen LogP contribution in [0.15, 0.2) is 35.2 Å². The molecule has 0 saturated heterocycles. The third-order valence-corrected chi connectivity index (χ3v) is 4.69. The maximum absolute atomic E-state index is 11.9. The van der Waals surface area contributed by atoms with Crippen molar-refractivity contribution in [3.8, 4) is 0 Å². The van der Waals surface area contributed by atoms with Crippen LogP contribution in [0.3, 0.4) is 0 Å². The summed E-state index contributed by atoms with van der Waals surface area (Å²) in [5.41, 5.74) is 0. The van der Waals surface area contributed by atoms with Gasteiger partial charge in [-0.25, -0.2) is 4.79 Å². The molecule has 0 unspecified atom stereocenters. The van der Waals surface area contributed by atoms with Gasteiger partial charge in [-0.3, -0.25) is 14.9 Å². The Morgan fingerprint density at radius 1 is 1.21 bits per heavy atom. The van der Waals surface area contributed by atoms with E-state index in [1.54, 1.807) is 0 Å². The Morgan fingerprint density at radius 3 is 2.54 bits per heavy atom. The average molecular weight is 350 g/mol.